The monoisotopic (exact) mass is 448 g/mol. The molecular weight excluding hydrogens is 416 g/mol. The van der Waals surface area contributed by atoms with Crippen molar-refractivity contribution in [1.82, 2.24) is 10.2 Å². The summed E-state index contributed by atoms with van der Waals surface area (Å²) >= 11 is 0. The van der Waals surface area contributed by atoms with Crippen LogP contribution < -0.4 is 10.1 Å². The van der Waals surface area contributed by atoms with Gasteiger partial charge in [0.15, 0.2) is 0 Å². The number of furan rings is 1. The third-order valence-electron chi connectivity index (χ3n) is 6.21. The Morgan fingerprint density at radius 2 is 1.91 bits per heavy atom. The number of allylic oxidation sites excluding steroid dienone is 1. The molecule has 1 aromatic heterocycles. The van der Waals surface area contributed by atoms with E-state index in [4.69, 9.17) is 13.9 Å². The van der Waals surface area contributed by atoms with Gasteiger partial charge in [-0.2, -0.15) is 0 Å². The maximum absolute atomic E-state index is 12.6. The molecule has 0 saturated carbocycles. The lowest BCUT2D eigenvalue weighted by atomic mass is 9.96. The molecule has 2 heterocycles. The van der Waals surface area contributed by atoms with Crippen LogP contribution in [0.25, 0.3) is 27.7 Å². The van der Waals surface area contributed by atoms with E-state index in [9.17, 15) is 4.79 Å². The first-order valence-corrected chi connectivity index (χ1v) is 11.4. The summed E-state index contributed by atoms with van der Waals surface area (Å²) in [5.41, 5.74) is 6.79. The van der Waals surface area contributed by atoms with E-state index in [0.717, 1.165) is 77.4 Å². The van der Waals surface area contributed by atoms with E-state index < -0.39 is 0 Å². The molecule has 33 heavy (non-hydrogen) atoms. The highest BCUT2D eigenvalue weighted by molar-refractivity contribution is 6.01. The molecular formula is C27H32N2O4. The number of fused-ring (bicyclic) bond motifs is 1. The first kappa shape index (κ1) is 23.1. The number of methoxy groups -OCH3 is 1. The predicted molar refractivity (Wildman–Crippen MR) is 132 cm³/mol. The summed E-state index contributed by atoms with van der Waals surface area (Å²) in [6.07, 6.45) is 3.44. The number of benzene rings is 2. The van der Waals surface area contributed by atoms with Crippen LogP contribution in [0.1, 0.15) is 23.6 Å². The van der Waals surface area contributed by atoms with Crippen molar-refractivity contribution in [3.8, 4) is 16.9 Å². The smallest absolute Gasteiger partial charge is 0.244 e. The molecule has 1 fully saturated rings. The molecule has 0 radical (unpaired) electrons. The van der Waals surface area contributed by atoms with Gasteiger partial charge in [-0.15, -0.1) is 0 Å². The zero-order valence-electron chi connectivity index (χ0n) is 19.9. The Bertz CT molecular complexity index is 1160. The van der Waals surface area contributed by atoms with Gasteiger partial charge in [0.05, 0.1) is 26.6 Å². The lowest BCUT2D eigenvalue weighted by Gasteiger charge is -2.26. The third kappa shape index (κ3) is 5.13. The Morgan fingerprint density at radius 3 is 2.61 bits per heavy atom. The summed E-state index contributed by atoms with van der Waals surface area (Å²) in [4.78, 5) is 14.9. The number of nitrogens with zero attached hydrogens (tertiary/aromatic N) is 1. The number of carbonyl (C=O) groups is 1. The molecule has 1 saturated heterocycles. The van der Waals surface area contributed by atoms with E-state index in [0.29, 0.717) is 6.54 Å². The molecule has 0 aliphatic carbocycles. The maximum Gasteiger partial charge on any atom is 0.244 e. The average molecular weight is 449 g/mol. The Balaban J connectivity index is 1.59. The predicted octanol–water partition coefficient (Wildman–Crippen LogP) is 4.58. The van der Waals surface area contributed by atoms with Crippen molar-refractivity contribution in [2.24, 2.45) is 0 Å². The highest BCUT2D eigenvalue weighted by Gasteiger charge is 2.19. The van der Waals surface area contributed by atoms with Crippen molar-refractivity contribution in [1.29, 1.82) is 0 Å². The van der Waals surface area contributed by atoms with E-state index >= 15 is 0 Å². The van der Waals surface area contributed by atoms with Crippen LogP contribution in [-0.2, 0) is 9.53 Å². The fraction of sp³-hybridized carbons (Fsp3) is 0.370. The third-order valence-corrected chi connectivity index (χ3v) is 6.21. The molecule has 174 valence electrons. The Labute approximate surface area is 195 Å². The van der Waals surface area contributed by atoms with Crippen molar-refractivity contribution in [2.75, 3.05) is 46.5 Å². The standard InChI is InChI=1S/C27H32N2O4/c1-18-5-7-21(8-6-18)24-17-33-27-20(3)26(31-4)22(16-23(24)27)19(2)15-25(30)28-9-10-29-11-13-32-14-12-29/h5-8,15-17H,9-14H2,1-4H3,(H,28,30)/b19-15+. The van der Waals surface area contributed by atoms with Gasteiger partial charge in [-0.05, 0) is 38.0 Å². The van der Waals surface area contributed by atoms with Gasteiger partial charge in [0, 0.05) is 54.3 Å². The first-order chi connectivity index (χ1) is 16.0. The maximum atomic E-state index is 12.6. The molecule has 4 rings (SSSR count). The van der Waals surface area contributed by atoms with Gasteiger partial charge in [0.2, 0.25) is 5.91 Å². The summed E-state index contributed by atoms with van der Waals surface area (Å²) in [7, 11) is 1.65. The quantitative estimate of drug-likeness (QED) is 0.536. The van der Waals surface area contributed by atoms with Gasteiger partial charge < -0.3 is 19.2 Å². The van der Waals surface area contributed by atoms with Gasteiger partial charge in [0.25, 0.3) is 0 Å². The van der Waals surface area contributed by atoms with E-state index in [1.54, 1.807) is 19.4 Å². The summed E-state index contributed by atoms with van der Waals surface area (Å²) in [6, 6.07) is 10.5. The normalized spacial score (nSPS) is 15.1. The molecule has 3 aromatic rings. The number of aryl methyl sites for hydroxylation is 2. The zero-order chi connectivity index (χ0) is 23.4. The topological polar surface area (TPSA) is 63.9 Å². The molecule has 1 aliphatic heterocycles. The van der Waals surface area contributed by atoms with E-state index in [-0.39, 0.29) is 5.91 Å². The number of ether oxygens (including phenoxy) is 2. The van der Waals surface area contributed by atoms with Gasteiger partial charge >= 0.3 is 0 Å². The highest BCUT2D eigenvalue weighted by atomic mass is 16.5. The zero-order valence-corrected chi connectivity index (χ0v) is 19.9. The van der Waals surface area contributed by atoms with Crippen LogP contribution in [0.2, 0.25) is 0 Å². The van der Waals surface area contributed by atoms with E-state index in [1.165, 1.54) is 5.56 Å². The lowest BCUT2D eigenvalue weighted by molar-refractivity contribution is -0.116. The Morgan fingerprint density at radius 1 is 1.18 bits per heavy atom. The Hall–Kier alpha value is -3.09. The SMILES string of the molecule is COc1c(/C(C)=C/C(=O)NCCN2CCOCC2)cc2c(-c3ccc(C)cc3)coc2c1C. The van der Waals surface area contributed by atoms with Crippen LogP contribution in [0.3, 0.4) is 0 Å². The number of rotatable bonds is 7. The largest absolute Gasteiger partial charge is 0.496 e. The Kier molecular flexibility index (Phi) is 7.16. The number of morpholine rings is 1. The van der Waals surface area contributed by atoms with Crippen molar-refractivity contribution < 1.29 is 18.7 Å². The van der Waals surface area contributed by atoms with Crippen molar-refractivity contribution in [3.63, 3.8) is 0 Å². The average Bonchev–Trinajstić information content (AvgIpc) is 3.24. The molecule has 1 N–H and O–H groups in total. The first-order valence-electron chi connectivity index (χ1n) is 11.4. The summed E-state index contributed by atoms with van der Waals surface area (Å²) in [6.45, 7) is 10.8. The summed E-state index contributed by atoms with van der Waals surface area (Å²) < 4.78 is 17.0. The molecule has 0 atom stereocenters. The number of carbonyl (C=O) groups excluding carboxylic acids is 1. The minimum atomic E-state index is -0.105. The molecule has 0 bridgehead atoms. The number of hydrogen-bond donors (Lipinski definition) is 1. The second-order valence-electron chi connectivity index (χ2n) is 8.55. The second kappa shape index (κ2) is 10.2. The lowest BCUT2D eigenvalue weighted by Crippen LogP contribution is -2.41. The van der Waals surface area contributed by atoms with E-state index in [2.05, 4.69) is 47.5 Å². The molecule has 0 spiro atoms. The van der Waals surface area contributed by atoms with Crippen LogP contribution in [0.5, 0.6) is 5.75 Å². The summed E-state index contributed by atoms with van der Waals surface area (Å²) in [5, 5.41) is 4.01. The van der Waals surface area contributed by atoms with Crippen LogP contribution >= 0.6 is 0 Å². The number of amides is 1. The van der Waals surface area contributed by atoms with Crippen molar-refractivity contribution >= 4 is 22.4 Å². The van der Waals surface area contributed by atoms with Gasteiger partial charge in [0.1, 0.15) is 11.3 Å². The molecule has 1 aliphatic rings. The minimum Gasteiger partial charge on any atom is -0.496 e. The van der Waals surface area contributed by atoms with E-state index in [1.807, 2.05) is 13.8 Å². The van der Waals surface area contributed by atoms with Gasteiger partial charge in [-0.3, -0.25) is 9.69 Å². The van der Waals surface area contributed by atoms with Gasteiger partial charge in [-0.1, -0.05) is 29.8 Å². The van der Waals surface area contributed by atoms with Crippen molar-refractivity contribution in [2.45, 2.75) is 20.8 Å². The molecule has 1 amide bonds. The molecule has 0 unspecified atom stereocenters. The molecule has 6 nitrogen and oxygen atoms in total. The fourth-order valence-corrected chi connectivity index (χ4v) is 4.32. The molecule has 6 heteroatoms. The summed E-state index contributed by atoms with van der Waals surface area (Å²) in [5.74, 6) is 0.619. The van der Waals surface area contributed by atoms with Crippen LogP contribution in [0, 0.1) is 13.8 Å². The van der Waals surface area contributed by atoms with Crippen LogP contribution in [0.15, 0.2) is 47.1 Å². The van der Waals surface area contributed by atoms with Crippen LogP contribution in [0.4, 0.5) is 0 Å². The number of nitrogens with one attached hydrogen (secondary N) is 1. The number of hydrogen-bond acceptors (Lipinski definition) is 5. The highest BCUT2D eigenvalue weighted by Crippen LogP contribution is 2.40. The van der Waals surface area contributed by atoms with Crippen LogP contribution in [-0.4, -0.2) is 57.3 Å². The van der Waals surface area contributed by atoms with Crippen molar-refractivity contribution in [3.05, 3.63) is 59.4 Å². The van der Waals surface area contributed by atoms with Gasteiger partial charge in [-0.25, -0.2) is 0 Å². The minimum absolute atomic E-state index is 0.105. The second-order valence-corrected chi connectivity index (χ2v) is 8.55. The fourth-order valence-electron chi connectivity index (χ4n) is 4.32. The molecule has 2 aromatic carbocycles.